The molecule has 2 saturated heterocycles. The van der Waals surface area contributed by atoms with Crippen molar-refractivity contribution in [3.8, 4) is 0 Å². The molecule has 5 nitrogen and oxygen atoms in total. The maximum Gasteiger partial charge on any atom is 0.253 e. The van der Waals surface area contributed by atoms with E-state index in [9.17, 15) is 14.0 Å². The first-order valence-corrected chi connectivity index (χ1v) is 9.52. The van der Waals surface area contributed by atoms with Crippen molar-refractivity contribution in [1.82, 2.24) is 4.90 Å². The van der Waals surface area contributed by atoms with Gasteiger partial charge in [-0.1, -0.05) is 18.2 Å². The SMILES string of the molecule is Cc1cc(C(=O)N2CCCC3(C2)CN(c2ccccc2)C(=O)CO3)ccc1F. The van der Waals surface area contributed by atoms with Crippen molar-refractivity contribution in [2.24, 2.45) is 0 Å². The Morgan fingerprint density at radius 3 is 2.68 bits per heavy atom. The molecule has 2 amide bonds. The van der Waals surface area contributed by atoms with Crippen LogP contribution in [0.2, 0.25) is 0 Å². The highest BCUT2D eigenvalue weighted by molar-refractivity contribution is 5.96. The summed E-state index contributed by atoms with van der Waals surface area (Å²) in [5.41, 5.74) is 1.19. The van der Waals surface area contributed by atoms with Gasteiger partial charge in [-0.05, 0) is 55.7 Å². The van der Waals surface area contributed by atoms with Crippen LogP contribution < -0.4 is 4.90 Å². The molecular weight excluding hydrogens is 359 g/mol. The topological polar surface area (TPSA) is 49.9 Å². The second kappa shape index (κ2) is 7.36. The number of carbonyl (C=O) groups excluding carboxylic acids is 2. The number of morpholine rings is 1. The third-order valence-electron chi connectivity index (χ3n) is 5.55. The number of aryl methyl sites for hydroxylation is 1. The second-order valence-electron chi connectivity index (χ2n) is 7.58. The van der Waals surface area contributed by atoms with E-state index in [1.807, 2.05) is 30.3 Å². The van der Waals surface area contributed by atoms with Gasteiger partial charge in [0, 0.05) is 17.8 Å². The van der Waals surface area contributed by atoms with Crippen LogP contribution in [-0.4, -0.2) is 48.6 Å². The van der Waals surface area contributed by atoms with E-state index in [0.717, 1.165) is 18.5 Å². The van der Waals surface area contributed by atoms with E-state index in [1.54, 1.807) is 22.8 Å². The van der Waals surface area contributed by atoms with Gasteiger partial charge in [0.25, 0.3) is 11.8 Å². The largest absolute Gasteiger partial charge is 0.361 e. The number of nitrogens with zero attached hydrogens (tertiary/aromatic N) is 2. The molecule has 4 rings (SSSR count). The Morgan fingerprint density at radius 2 is 1.93 bits per heavy atom. The predicted octanol–water partition coefficient (Wildman–Crippen LogP) is 3.17. The fourth-order valence-corrected chi connectivity index (χ4v) is 4.04. The number of halogens is 1. The van der Waals surface area contributed by atoms with Gasteiger partial charge in [0.1, 0.15) is 18.0 Å². The third-order valence-corrected chi connectivity index (χ3v) is 5.55. The van der Waals surface area contributed by atoms with Gasteiger partial charge in [-0.3, -0.25) is 9.59 Å². The maximum absolute atomic E-state index is 13.5. The number of hydrogen-bond donors (Lipinski definition) is 0. The average Bonchev–Trinajstić information content (AvgIpc) is 2.72. The number of anilines is 1. The Bertz CT molecular complexity index is 902. The summed E-state index contributed by atoms with van der Waals surface area (Å²) in [6.07, 6.45) is 1.58. The van der Waals surface area contributed by atoms with Crippen molar-refractivity contribution in [3.63, 3.8) is 0 Å². The summed E-state index contributed by atoms with van der Waals surface area (Å²) in [5, 5.41) is 0. The molecule has 2 aliphatic rings. The van der Waals surface area contributed by atoms with Gasteiger partial charge in [0.2, 0.25) is 0 Å². The van der Waals surface area contributed by atoms with Gasteiger partial charge in [-0.2, -0.15) is 0 Å². The van der Waals surface area contributed by atoms with Gasteiger partial charge in [-0.15, -0.1) is 0 Å². The monoisotopic (exact) mass is 382 g/mol. The molecule has 1 unspecified atom stereocenters. The summed E-state index contributed by atoms with van der Waals surface area (Å²) >= 11 is 0. The normalized spacial score (nSPS) is 22.6. The first kappa shape index (κ1) is 18.6. The van der Waals surface area contributed by atoms with Crippen LogP contribution in [0.3, 0.4) is 0 Å². The van der Waals surface area contributed by atoms with E-state index in [2.05, 4.69) is 0 Å². The Kier molecular flexibility index (Phi) is 4.89. The lowest BCUT2D eigenvalue weighted by atomic mass is 9.90. The Morgan fingerprint density at radius 1 is 1.14 bits per heavy atom. The van der Waals surface area contributed by atoms with Crippen LogP contribution in [-0.2, 0) is 9.53 Å². The summed E-state index contributed by atoms with van der Waals surface area (Å²) < 4.78 is 19.5. The van der Waals surface area contributed by atoms with Crippen LogP contribution in [0.1, 0.15) is 28.8 Å². The minimum atomic E-state index is -0.577. The summed E-state index contributed by atoms with van der Waals surface area (Å²) in [4.78, 5) is 28.9. The molecule has 0 radical (unpaired) electrons. The van der Waals surface area contributed by atoms with Crippen molar-refractivity contribution in [1.29, 1.82) is 0 Å². The molecule has 2 aliphatic heterocycles. The van der Waals surface area contributed by atoms with Crippen molar-refractivity contribution in [3.05, 3.63) is 65.5 Å². The highest BCUT2D eigenvalue weighted by Gasteiger charge is 2.44. The van der Waals surface area contributed by atoms with Gasteiger partial charge in [-0.25, -0.2) is 4.39 Å². The van der Waals surface area contributed by atoms with E-state index < -0.39 is 5.60 Å². The average molecular weight is 382 g/mol. The molecule has 2 fully saturated rings. The lowest BCUT2D eigenvalue weighted by Crippen LogP contribution is -2.62. The van der Waals surface area contributed by atoms with Crippen LogP contribution in [0.15, 0.2) is 48.5 Å². The number of carbonyl (C=O) groups is 2. The molecule has 2 aromatic carbocycles. The lowest BCUT2D eigenvalue weighted by molar-refractivity contribution is -0.144. The van der Waals surface area contributed by atoms with E-state index >= 15 is 0 Å². The van der Waals surface area contributed by atoms with E-state index in [-0.39, 0.29) is 24.2 Å². The zero-order valence-electron chi connectivity index (χ0n) is 15.9. The zero-order chi connectivity index (χ0) is 19.7. The molecule has 0 aliphatic carbocycles. The minimum Gasteiger partial charge on any atom is -0.361 e. The lowest BCUT2D eigenvalue weighted by Gasteiger charge is -2.47. The van der Waals surface area contributed by atoms with E-state index in [0.29, 0.717) is 30.8 Å². The van der Waals surface area contributed by atoms with Crippen molar-refractivity contribution >= 4 is 17.5 Å². The fourth-order valence-electron chi connectivity index (χ4n) is 4.04. The quantitative estimate of drug-likeness (QED) is 0.802. The van der Waals surface area contributed by atoms with Crippen molar-refractivity contribution in [2.45, 2.75) is 25.4 Å². The standard InChI is InChI=1S/C22H23FN2O3/c1-16-12-17(8-9-19(16)23)21(27)24-11-5-10-22(14-24)15-25(20(26)13-28-22)18-6-3-2-4-7-18/h2-4,6-9,12H,5,10-11,13-15H2,1H3. The molecule has 28 heavy (non-hydrogen) atoms. The van der Waals surface area contributed by atoms with E-state index in [4.69, 9.17) is 4.74 Å². The minimum absolute atomic E-state index is 0.00653. The molecule has 0 saturated carbocycles. The molecule has 0 bridgehead atoms. The van der Waals surface area contributed by atoms with Crippen LogP contribution in [0.4, 0.5) is 10.1 Å². The second-order valence-corrected chi connectivity index (χ2v) is 7.58. The summed E-state index contributed by atoms with van der Waals surface area (Å²) in [7, 11) is 0. The number of rotatable bonds is 2. The smallest absolute Gasteiger partial charge is 0.253 e. The zero-order valence-corrected chi connectivity index (χ0v) is 15.9. The van der Waals surface area contributed by atoms with Crippen molar-refractivity contribution < 1.29 is 18.7 Å². The van der Waals surface area contributed by atoms with Gasteiger partial charge in [0.05, 0.1) is 13.1 Å². The highest BCUT2D eigenvalue weighted by Crippen LogP contribution is 2.32. The van der Waals surface area contributed by atoms with Gasteiger partial charge >= 0.3 is 0 Å². The first-order valence-electron chi connectivity index (χ1n) is 9.52. The summed E-state index contributed by atoms with van der Waals surface area (Å²) in [6, 6.07) is 14.0. The van der Waals surface area contributed by atoms with Crippen LogP contribution >= 0.6 is 0 Å². The molecule has 2 aromatic rings. The Balaban J connectivity index is 1.54. The molecule has 146 valence electrons. The van der Waals surface area contributed by atoms with Crippen LogP contribution in [0, 0.1) is 12.7 Å². The summed E-state index contributed by atoms with van der Waals surface area (Å²) in [6.45, 7) is 3.12. The molecule has 6 heteroatoms. The predicted molar refractivity (Wildman–Crippen MR) is 104 cm³/mol. The van der Waals surface area contributed by atoms with E-state index in [1.165, 1.54) is 12.1 Å². The molecule has 0 aromatic heterocycles. The Hall–Kier alpha value is -2.73. The molecule has 1 spiro atoms. The number of para-hydroxylation sites is 1. The first-order chi connectivity index (χ1) is 13.5. The van der Waals surface area contributed by atoms with Crippen LogP contribution in [0.5, 0.6) is 0 Å². The number of benzene rings is 2. The number of likely N-dealkylation sites (tertiary alicyclic amines) is 1. The summed E-state index contributed by atoms with van der Waals surface area (Å²) in [5.74, 6) is -0.525. The van der Waals surface area contributed by atoms with Gasteiger partial charge in [0.15, 0.2) is 0 Å². The maximum atomic E-state index is 13.5. The number of piperidine rings is 1. The number of hydrogen-bond acceptors (Lipinski definition) is 3. The van der Waals surface area contributed by atoms with Gasteiger partial charge < -0.3 is 14.5 Å². The molecular formula is C22H23FN2O3. The third kappa shape index (κ3) is 3.52. The highest BCUT2D eigenvalue weighted by atomic mass is 19.1. The molecule has 2 heterocycles. The number of amides is 2. The van der Waals surface area contributed by atoms with Crippen LogP contribution in [0.25, 0.3) is 0 Å². The molecule has 1 atom stereocenters. The Labute approximate surface area is 163 Å². The number of ether oxygens (including phenoxy) is 1. The van der Waals surface area contributed by atoms with Crippen molar-refractivity contribution in [2.75, 3.05) is 31.1 Å². The molecule has 0 N–H and O–H groups in total. The fraction of sp³-hybridized carbons (Fsp3) is 0.364.